The second-order valence-corrected chi connectivity index (χ2v) is 5.56. The molecule has 5 heteroatoms. The van der Waals surface area contributed by atoms with E-state index in [1.807, 2.05) is 6.92 Å². The van der Waals surface area contributed by atoms with E-state index in [1.165, 1.54) is 6.07 Å². The molecule has 0 aromatic heterocycles. The molecule has 1 unspecified atom stereocenters. The van der Waals surface area contributed by atoms with Gasteiger partial charge in [-0.2, -0.15) is 0 Å². The third-order valence-corrected chi connectivity index (χ3v) is 3.80. The Morgan fingerprint density at radius 3 is 2.95 bits per heavy atom. The van der Waals surface area contributed by atoms with Crippen LogP contribution >= 0.6 is 15.9 Å². The molecule has 4 nitrogen and oxygen atoms in total. The van der Waals surface area contributed by atoms with Crippen LogP contribution in [-0.2, 0) is 4.74 Å². The number of carbonyl (C=O) groups is 1. The first-order valence-corrected chi connectivity index (χ1v) is 7.30. The van der Waals surface area contributed by atoms with Gasteiger partial charge in [-0.25, -0.2) is 0 Å². The van der Waals surface area contributed by atoms with Crippen LogP contribution in [0.5, 0.6) is 5.75 Å². The molecule has 1 aliphatic heterocycles. The average molecular weight is 328 g/mol. The number of phenolic OH excluding ortho intramolecular Hbond substituents is 1. The summed E-state index contributed by atoms with van der Waals surface area (Å²) in [5, 5.41) is 9.86. The average Bonchev–Trinajstić information content (AvgIpc) is 2.88. The molecule has 0 aliphatic carbocycles. The van der Waals surface area contributed by atoms with E-state index in [0.717, 1.165) is 23.9 Å². The number of aromatic hydroxyl groups is 1. The van der Waals surface area contributed by atoms with Crippen molar-refractivity contribution in [2.24, 2.45) is 0 Å². The number of nitrogens with zero attached hydrogens (tertiary/aromatic N) is 1. The fourth-order valence-corrected chi connectivity index (χ4v) is 2.59. The van der Waals surface area contributed by atoms with Crippen molar-refractivity contribution in [3.8, 4) is 5.75 Å². The Morgan fingerprint density at radius 1 is 1.58 bits per heavy atom. The molecule has 0 spiro atoms. The molecule has 1 aliphatic rings. The highest BCUT2D eigenvalue weighted by molar-refractivity contribution is 9.10. The summed E-state index contributed by atoms with van der Waals surface area (Å²) in [5.41, 5.74) is 0.336. The Labute approximate surface area is 121 Å². The third-order valence-electron chi connectivity index (χ3n) is 3.31. The van der Waals surface area contributed by atoms with Crippen molar-refractivity contribution >= 4 is 21.8 Å². The number of ether oxygens (including phenoxy) is 1. The number of rotatable bonds is 4. The molecule has 1 aromatic carbocycles. The molecule has 0 bridgehead atoms. The topological polar surface area (TPSA) is 49.8 Å². The molecule has 0 radical (unpaired) electrons. The van der Waals surface area contributed by atoms with E-state index in [2.05, 4.69) is 15.9 Å². The first kappa shape index (κ1) is 14.3. The molecule has 1 aromatic rings. The zero-order chi connectivity index (χ0) is 13.8. The molecule has 104 valence electrons. The predicted molar refractivity (Wildman–Crippen MR) is 76.4 cm³/mol. The molecule has 0 saturated carbocycles. The van der Waals surface area contributed by atoms with Gasteiger partial charge >= 0.3 is 0 Å². The summed E-state index contributed by atoms with van der Waals surface area (Å²) < 4.78 is 6.31. The van der Waals surface area contributed by atoms with Crippen LogP contribution in [0.4, 0.5) is 0 Å². The second-order valence-electron chi connectivity index (χ2n) is 4.64. The van der Waals surface area contributed by atoms with Crippen molar-refractivity contribution in [1.82, 2.24) is 4.90 Å². The quantitative estimate of drug-likeness (QED) is 0.925. The Hall–Kier alpha value is -1.07. The highest BCUT2D eigenvalue weighted by Crippen LogP contribution is 2.24. The maximum absolute atomic E-state index is 12.4. The van der Waals surface area contributed by atoms with Crippen LogP contribution in [0.25, 0.3) is 0 Å². The standard InChI is InChI=1S/C14H18BrNO3/c1-2-16(9-11-4-3-7-19-11)14(18)12-6-5-10(15)8-13(12)17/h5-6,8,11,17H,2-4,7,9H2,1H3. The van der Waals surface area contributed by atoms with Crippen LogP contribution in [0.3, 0.4) is 0 Å². The number of carbonyl (C=O) groups excluding carboxylic acids is 1. The minimum absolute atomic E-state index is 0.00478. The normalized spacial score (nSPS) is 18.5. The molecule has 1 heterocycles. The summed E-state index contributed by atoms with van der Waals surface area (Å²) in [6.07, 6.45) is 2.18. The van der Waals surface area contributed by atoms with E-state index in [4.69, 9.17) is 4.74 Å². The second kappa shape index (κ2) is 6.39. The van der Waals surface area contributed by atoms with E-state index in [1.54, 1.807) is 17.0 Å². The Balaban J connectivity index is 2.10. The van der Waals surface area contributed by atoms with Crippen LogP contribution in [-0.4, -0.2) is 41.7 Å². The summed E-state index contributed by atoms with van der Waals surface area (Å²) in [6.45, 7) is 3.90. The monoisotopic (exact) mass is 327 g/mol. The Morgan fingerprint density at radius 2 is 2.37 bits per heavy atom. The highest BCUT2D eigenvalue weighted by atomic mass is 79.9. The molecule has 1 amide bonds. The number of amides is 1. The minimum Gasteiger partial charge on any atom is -0.507 e. The van der Waals surface area contributed by atoms with Gasteiger partial charge in [-0.05, 0) is 38.0 Å². The van der Waals surface area contributed by atoms with Crippen LogP contribution in [0.2, 0.25) is 0 Å². The predicted octanol–water partition coefficient (Wildman–Crippen LogP) is 2.80. The van der Waals surface area contributed by atoms with Gasteiger partial charge in [-0.1, -0.05) is 15.9 Å². The van der Waals surface area contributed by atoms with Crippen molar-refractivity contribution in [1.29, 1.82) is 0 Å². The number of halogens is 1. The van der Waals surface area contributed by atoms with Gasteiger partial charge in [0.1, 0.15) is 5.75 Å². The summed E-state index contributed by atoms with van der Waals surface area (Å²) in [4.78, 5) is 14.1. The van der Waals surface area contributed by atoms with Crippen molar-refractivity contribution < 1.29 is 14.6 Å². The Bertz CT molecular complexity index is 458. The van der Waals surface area contributed by atoms with Crippen LogP contribution in [0.1, 0.15) is 30.1 Å². The van der Waals surface area contributed by atoms with Gasteiger partial charge in [0, 0.05) is 24.2 Å². The number of hydrogen-bond acceptors (Lipinski definition) is 3. The smallest absolute Gasteiger partial charge is 0.257 e. The summed E-state index contributed by atoms with van der Waals surface area (Å²) >= 11 is 3.27. The lowest BCUT2D eigenvalue weighted by atomic mass is 10.1. The molecular formula is C14H18BrNO3. The summed E-state index contributed by atoms with van der Waals surface area (Å²) in [5.74, 6) is -0.145. The summed E-state index contributed by atoms with van der Waals surface area (Å²) in [6, 6.07) is 4.93. The molecule has 2 rings (SSSR count). The fourth-order valence-electron chi connectivity index (χ4n) is 2.25. The van der Waals surface area contributed by atoms with Gasteiger partial charge in [-0.15, -0.1) is 0 Å². The van der Waals surface area contributed by atoms with E-state index >= 15 is 0 Å². The molecule has 1 saturated heterocycles. The fraction of sp³-hybridized carbons (Fsp3) is 0.500. The third kappa shape index (κ3) is 3.48. The highest BCUT2D eigenvalue weighted by Gasteiger charge is 2.23. The molecule has 1 atom stereocenters. The Kier molecular flexibility index (Phi) is 4.82. The van der Waals surface area contributed by atoms with Crippen molar-refractivity contribution in [3.63, 3.8) is 0 Å². The lowest BCUT2D eigenvalue weighted by Crippen LogP contribution is -2.37. The van der Waals surface area contributed by atoms with Crippen molar-refractivity contribution in [3.05, 3.63) is 28.2 Å². The first-order chi connectivity index (χ1) is 9.11. The van der Waals surface area contributed by atoms with Crippen molar-refractivity contribution in [2.75, 3.05) is 19.7 Å². The van der Waals surface area contributed by atoms with E-state index in [-0.39, 0.29) is 17.8 Å². The minimum atomic E-state index is -0.150. The zero-order valence-electron chi connectivity index (χ0n) is 10.9. The van der Waals surface area contributed by atoms with Gasteiger partial charge in [0.2, 0.25) is 0 Å². The number of likely N-dealkylation sites (N-methyl/N-ethyl adjacent to an activating group) is 1. The lowest BCUT2D eigenvalue weighted by molar-refractivity contribution is 0.0537. The summed E-state index contributed by atoms with van der Waals surface area (Å²) in [7, 11) is 0. The molecular weight excluding hydrogens is 310 g/mol. The number of phenols is 1. The molecule has 1 N–H and O–H groups in total. The zero-order valence-corrected chi connectivity index (χ0v) is 12.5. The van der Waals surface area contributed by atoms with Gasteiger partial charge in [-0.3, -0.25) is 4.79 Å². The van der Waals surface area contributed by atoms with Gasteiger partial charge in [0.05, 0.1) is 11.7 Å². The van der Waals surface area contributed by atoms with Crippen LogP contribution in [0, 0.1) is 0 Å². The van der Waals surface area contributed by atoms with Crippen molar-refractivity contribution in [2.45, 2.75) is 25.9 Å². The first-order valence-electron chi connectivity index (χ1n) is 6.51. The van der Waals surface area contributed by atoms with Gasteiger partial charge in [0.15, 0.2) is 0 Å². The lowest BCUT2D eigenvalue weighted by Gasteiger charge is -2.24. The van der Waals surface area contributed by atoms with E-state index < -0.39 is 0 Å². The SMILES string of the molecule is CCN(CC1CCCO1)C(=O)c1ccc(Br)cc1O. The number of hydrogen-bond donors (Lipinski definition) is 1. The largest absolute Gasteiger partial charge is 0.507 e. The maximum Gasteiger partial charge on any atom is 0.257 e. The van der Waals surface area contributed by atoms with Gasteiger partial charge < -0.3 is 14.7 Å². The maximum atomic E-state index is 12.4. The van der Waals surface area contributed by atoms with E-state index in [9.17, 15) is 9.90 Å². The van der Waals surface area contributed by atoms with E-state index in [0.29, 0.717) is 18.7 Å². The molecule has 1 fully saturated rings. The van der Waals surface area contributed by atoms with Crippen LogP contribution < -0.4 is 0 Å². The number of benzene rings is 1. The van der Waals surface area contributed by atoms with Gasteiger partial charge in [0.25, 0.3) is 5.91 Å². The molecule has 19 heavy (non-hydrogen) atoms. The van der Waals surface area contributed by atoms with Crippen LogP contribution in [0.15, 0.2) is 22.7 Å².